The number of hydrogen-bond donors (Lipinski definition) is 1. The van der Waals surface area contributed by atoms with E-state index < -0.39 is 0 Å². The maximum atomic E-state index is 12.9. The number of ether oxygens (including phenoxy) is 2. The minimum Gasteiger partial charge on any atom is -0.497 e. The molecule has 2 bridgehead atoms. The summed E-state index contributed by atoms with van der Waals surface area (Å²) in [5.41, 5.74) is 1.68. The first kappa shape index (κ1) is 17.5. The number of nitrogens with one attached hydrogen (secondary N) is 1. The van der Waals surface area contributed by atoms with Gasteiger partial charge >= 0.3 is 6.03 Å². The van der Waals surface area contributed by atoms with E-state index in [0.717, 1.165) is 12.1 Å². The fourth-order valence-electron chi connectivity index (χ4n) is 4.16. The molecule has 0 radical (unpaired) electrons. The van der Waals surface area contributed by atoms with E-state index in [1.807, 2.05) is 15.5 Å². The highest BCUT2D eigenvalue weighted by Gasteiger charge is 2.36. The number of benzene rings is 1. The highest BCUT2D eigenvalue weighted by atomic mass is 16.5. The number of carbonyl (C=O) groups is 1. The van der Waals surface area contributed by atoms with E-state index in [-0.39, 0.29) is 17.5 Å². The van der Waals surface area contributed by atoms with Crippen LogP contribution in [0.3, 0.4) is 0 Å². The molecule has 1 fully saturated rings. The summed E-state index contributed by atoms with van der Waals surface area (Å²) in [6.07, 6.45) is 1.01. The zero-order valence-corrected chi connectivity index (χ0v) is 15.5. The number of pyridine rings is 1. The molecular weight excluding hydrogens is 346 g/mol. The molecule has 2 amide bonds. The van der Waals surface area contributed by atoms with Crippen molar-refractivity contribution in [3.63, 3.8) is 0 Å². The van der Waals surface area contributed by atoms with E-state index >= 15 is 0 Å². The van der Waals surface area contributed by atoms with Gasteiger partial charge in [-0.1, -0.05) is 6.07 Å². The third kappa shape index (κ3) is 3.25. The third-order valence-corrected chi connectivity index (χ3v) is 5.42. The Kier molecular flexibility index (Phi) is 4.51. The minimum absolute atomic E-state index is 0.0445. The molecule has 4 rings (SSSR count). The summed E-state index contributed by atoms with van der Waals surface area (Å²) in [6, 6.07) is 10.5. The zero-order chi connectivity index (χ0) is 19.0. The molecule has 27 heavy (non-hydrogen) atoms. The van der Waals surface area contributed by atoms with Crippen LogP contribution in [0.15, 0.2) is 41.2 Å². The van der Waals surface area contributed by atoms with Crippen LogP contribution in [-0.4, -0.2) is 42.8 Å². The van der Waals surface area contributed by atoms with Crippen molar-refractivity contribution in [2.24, 2.45) is 5.92 Å². The molecular formula is C20H23N3O4. The molecule has 1 aromatic heterocycles. The lowest BCUT2D eigenvalue weighted by molar-refractivity contribution is 0.139. The number of amides is 2. The number of nitrogens with zero attached hydrogens (tertiary/aromatic N) is 2. The average Bonchev–Trinajstić information content (AvgIpc) is 2.69. The van der Waals surface area contributed by atoms with Crippen molar-refractivity contribution in [2.45, 2.75) is 18.9 Å². The normalized spacial score (nSPS) is 20.6. The zero-order valence-electron chi connectivity index (χ0n) is 15.5. The monoisotopic (exact) mass is 369 g/mol. The number of carbonyl (C=O) groups excluding carboxylic acids is 1. The Bertz CT molecular complexity index is 924. The second kappa shape index (κ2) is 6.98. The number of methoxy groups -OCH3 is 2. The highest BCUT2D eigenvalue weighted by molar-refractivity contribution is 5.91. The van der Waals surface area contributed by atoms with E-state index in [9.17, 15) is 9.59 Å². The standard InChI is InChI=1S/C20H23N3O4/c1-26-15-6-7-16(18(9-15)27-2)21-20(25)22-10-13-8-14(12-22)17-4-3-5-19(24)23(17)11-13/h3-7,9,13-14H,8,10-12H2,1-2H3,(H,21,25)/t13-,14-/m0/s1. The van der Waals surface area contributed by atoms with Crippen LogP contribution < -0.4 is 20.3 Å². The van der Waals surface area contributed by atoms with Crippen LogP contribution in [0.2, 0.25) is 0 Å². The largest absolute Gasteiger partial charge is 0.497 e. The number of hydrogen-bond acceptors (Lipinski definition) is 4. The van der Waals surface area contributed by atoms with Crippen LogP contribution >= 0.6 is 0 Å². The van der Waals surface area contributed by atoms with Gasteiger partial charge in [-0.25, -0.2) is 4.79 Å². The molecule has 2 aliphatic heterocycles. The van der Waals surface area contributed by atoms with E-state index in [1.54, 1.807) is 44.6 Å². The van der Waals surface area contributed by atoms with Crippen LogP contribution in [-0.2, 0) is 6.54 Å². The lowest BCUT2D eigenvalue weighted by Crippen LogP contribution is -2.50. The third-order valence-electron chi connectivity index (χ3n) is 5.42. The lowest BCUT2D eigenvalue weighted by Gasteiger charge is -2.42. The SMILES string of the molecule is COc1ccc(NC(=O)N2C[C@@H]3C[C@@H](C2)c2cccc(=O)n2C3)c(OC)c1. The number of fused-ring (bicyclic) bond motifs is 4. The van der Waals surface area contributed by atoms with E-state index in [2.05, 4.69) is 5.32 Å². The van der Waals surface area contributed by atoms with Crippen LogP contribution in [0.25, 0.3) is 0 Å². The van der Waals surface area contributed by atoms with Crippen molar-refractivity contribution >= 4 is 11.7 Å². The second-order valence-corrected chi connectivity index (χ2v) is 7.10. The fraction of sp³-hybridized carbons (Fsp3) is 0.400. The van der Waals surface area contributed by atoms with Crippen molar-refractivity contribution in [3.8, 4) is 11.5 Å². The van der Waals surface area contributed by atoms with Gasteiger partial charge in [0.1, 0.15) is 11.5 Å². The van der Waals surface area contributed by atoms with Crippen molar-refractivity contribution < 1.29 is 14.3 Å². The molecule has 1 aromatic carbocycles. The fourth-order valence-corrected chi connectivity index (χ4v) is 4.16. The summed E-state index contributed by atoms with van der Waals surface area (Å²) < 4.78 is 12.4. The van der Waals surface area contributed by atoms with Crippen molar-refractivity contribution in [1.29, 1.82) is 0 Å². The Labute approximate surface area is 157 Å². The Balaban J connectivity index is 1.52. The molecule has 2 aliphatic rings. The number of likely N-dealkylation sites (tertiary alicyclic amines) is 1. The first-order chi connectivity index (χ1) is 13.1. The maximum Gasteiger partial charge on any atom is 0.321 e. The molecule has 1 N–H and O–H groups in total. The van der Waals surface area contributed by atoms with Gasteiger partial charge in [0.25, 0.3) is 5.56 Å². The molecule has 3 heterocycles. The first-order valence-electron chi connectivity index (χ1n) is 9.06. The molecule has 1 saturated heterocycles. The summed E-state index contributed by atoms with van der Waals surface area (Å²) >= 11 is 0. The summed E-state index contributed by atoms with van der Waals surface area (Å²) in [5.74, 6) is 1.70. The van der Waals surface area contributed by atoms with Crippen LogP contribution in [0, 0.1) is 5.92 Å². The van der Waals surface area contributed by atoms with Crippen LogP contribution in [0.4, 0.5) is 10.5 Å². The van der Waals surface area contributed by atoms with E-state index in [0.29, 0.717) is 42.7 Å². The minimum atomic E-state index is -0.153. The van der Waals surface area contributed by atoms with Gasteiger partial charge in [-0.05, 0) is 30.5 Å². The lowest BCUT2D eigenvalue weighted by atomic mass is 9.83. The Hall–Kier alpha value is -2.96. The molecule has 0 unspecified atom stereocenters. The smallest absolute Gasteiger partial charge is 0.321 e. The molecule has 142 valence electrons. The van der Waals surface area contributed by atoms with Crippen LogP contribution in [0.1, 0.15) is 18.0 Å². The maximum absolute atomic E-state index is 12.9. The molecule has 0 spiro atoms. The van der Waals surface area contributed by atoms with Gasteiger partial charge in [-0.15, -0.1) is 0 Å². The number of urea groups is 1. The Morgan fingerprint density at radius 1 is 1.11 bits per heavy atom. The number of anilines is 1. The summed E-state index contributed by atoms with van der Waals surface area (Å²) in [4.78, 5) is 26.8. The Morgan fingerprint density at radius 3 is 2.74 bits per heavy atom. The van der Waals surface area contributed by atoms with Gasteiger partial charge in [0.2, 0.25) is 0 Å². The number of rotatable bonds is 3. The second-order valence-electron chi connectivity index (χ2n) is 7.10. The summed E-state index contributed by atoms with van der Waals surface area (Å²) in [6.45, 7) is 1.91. The van der Waals surface area contributed by atoms with Crippen LogP contribution in [0.5, 0.6) is 11.5 Å². The summed E-state index contributed by atoms with van der Waals surface area (Å²) in [5, 5.41) is 2.95. The van der Waals surface area contributed by atoms with E-state index in [4.69, 9.17) is 9.47 Å². The van der Waals surface area contributed by atoms with Gasteiger partial charge < -0.3 is 24.3 Å². The molecule has 0 aliphatic carbocycles. The molecule has 2 atom stereocenters. The summed E-state index contributed by atoms with van der Waals surface area (Å²) in [7, 11) is 3.15. The van der Waals surface area contributed by atoms with Gasteiger partial charge in [0.05, 0.1) is 19.9 Å². The van der Waals surface area contributed by atoms with Gasteiger partial charge in [0, 0.05) is 43.4 Å². The molecule has 7 nitrogen and oxygen atoms in total. The first-order valence-corrected chi connectivity index (χ1v) is 9.06. The highest BCUT2D eigenvalue weighted by Crippen LogP contribution is 2.35. The predicted molar refractivity (Wildman–Crippen MR) is 102 cm³/mol. The number of aromatic nitrogens is 1. The topological polar surface area (TPSA) is 72.8 Å². The van der Waals surface area contributed by atoms with Crippen molar-refractivity contribution in [1.82, 2.24) is 9.47 Å². The quantitative estimate of drug-likeness (QED) is 0.902. The Morgan fingerprint density at radius 2 is 1.96 bits per heavy atom. The van der Waals surface area contributed by atoms with Gasteiger partial charge in [-0.3, -0.25) is 4.79 Å². The van der Waals surface area contributed by atoms with E-state index in [1.165, 1.54) is 0 Å². The van der Waals surface area contributed by atoms with Crippen molar-refractivity contribution in [3.05, 3.63) is 52.4 Å². The predicted octanol–water partition coefficient (Wildman–Crippen LogP) is 2.52. The van der Waals surface area contributed by atoms with Gasteiger partial charge in [-0.2, -0.15) is 0 Å². The molecule has 7 heteroatoms. The van der Waals surface area contributed by atoms with Gasteiger partial charge in [0.15, 0.2) is 0 Å². The molecule has 0 saturated carbocycles. The van der Waals surface area contributed by atoms with Crippen molar-refractivity contribution in [2.75, 3.05) is 32.6 Å². The molecule has 2 aromatic rings. The number of piperidine rings is 1. The average molecular weight is 369 g/mol.